The Balaban J connectivity index is 1.57. The molecular weight excluding hydrogens is 288 g/mol. The normalized spacial score (nSPS) is 34.9. The zero-order valence-electron chi connectivity index (χ0n) is 14.2. The van der Waals surface area contributed by atoms with Crippen molar-refractivity contribution in [1.82, 2.24) is 10.2 Å². The highest BCUT2D eigenvalue weighted by molar-refractivity contribution is 5.32. The molecule has 4 heteroatoms. The van der Waals surface area contributed by atoms with Gasteiger partial charge in [-0.25, -0.2) is 0 Å². The van der Waals surface area contributed by atoms with E-state index in [2.05, 4.69) is 35.3 Å². The van der Waals surface area contributed by atoms with Crippen LogP contribution in [0.2, 0.25) is 0 Å². The number of likely N-dealkylation sites (tertiary alicyclic amines) is 1. The van der Waals surface area contributed by atoms with Gasteiger partial charge in [0.2, 0.25) is 0 Å². The molecule has 1 aromatic rings. The van der Waals surface area contributed by atoms with Gasteiger partial charge in [-0.15, -0.1) is 0 Å². The van der Waals surface area contributed by atoms with E-state index in [1.807, 2.05) is 6.07 Å². The van der Waals surface area contributed by atoms with Crippen molar-refractivity contribution < 1.29 is 9.47 Å². The van der Waals surface area contributed by atoms with Crippen LogP contribution in [0.1, 0.15) is 44.2 Å². The number of nitrogens with one attached hydrogen (secondary N) is 1. The summed E-state index contributed by atoms with van der Waals surface area (Å²) in [6.45, 7) is 4.28. The van der Waals surface area contributed by atoms with Gasteiger partial charge in [0, 0.05) is 31.3 Å². The average Bonchev–Trinajstić information content (AvgIpc) is 3.22. The van der Waals surface area contributed by atoms with Crippen LogP contribution < -0.4 is 10.1 Å². The fraction of sp³-hybridized carbons (Fsp3) is 0.684. The molecule has 0 spiro atoms. The molecule has 2 aliphatic heterocycles. The lowest BCUT2D eigenvalue weighted by atomic mass is 9.98. The van der Waals surface area contributed by atoms with Crippen LogP contribution in [0.3, 0.4) is 0 Å². The molecule has 3 aliphatic rings. The molecule has 0 radical (unpaired) electrons. The van der Waals surface area contributed by atoms with E-state index in [9.17, 15) is 0 Å². The number of nitrogens with zero attached hydrogens (tertiary/aromatic N) is 1. The van der Waals surface area contributed by atoms with Gasteiger partial charge in [-0.3, -0.25) is 4.90 Å². The fourth-order valence-corrected chi connectivity index (χ4v) is 4.28. The molecule has 1 saturated carbocycles. The summed E-state index contributed by atoms with van der Waals surface area (Å²) in [5.41, 5.74) is 1.39. The smallest absolute Gasteiger partial charge is 0.119 e. The Morgan fingerprint density at radius 2 is 2.04 bits per heavy atom. The number of rotatable bonds is 5. The minimum atomic E-state index is 0.330. The van der Waals surface area contributed by atoms with Gasteiger partial charge in [0.1, 0.15) is 5.75 Å². The number of methoxy groups -OCH3 is 1. The Hall–Kier alpha value is -1.10. The molecule has 0 aromatic heterocycles. The predicted octanol–water partition coefficient (Wildman–Crippen LogP) is 2.74. The van der Waals surface area contributed by atoms with E-state index in [4.69, 9.17) is 9.47 Å². The lowest BCUT2D eigenvalue weighted by molar-refractivity contribution is 0.108. The van der Waals surface area contributed by atoms with E-state index in [-0.39, 0.29) is 0 Å². The van der Waals surface area contributed by atoms with Crippen molar-refractivity contribution in [3.8, 4) is 5.75 Å². The summed E-state index contributed by atoms with van der Waals surface area (Å²) in [4.78, 5) is 2.72. The number of ether oxygens (including phenoxy) is 2. The molecule has 1 N–H and O–H groups in total. The Morgan fingerprint density at radius 1 is 1.17 bits per heavy atom. The molecule has 2 saturated heterocycles. The van der Waals surface area contributed by atoms with Crippen molar-refractivity contribution in [2.24, 2.45) is 0 Å². The summed E-state index contributed by atoms with van der Waals surface area (Å²) in [5.74, 6) is 0.960. The van der Waals surface area contributed by atoms with Gasteiger partial charge in [0.05, 0.1) is 19.3 Å². The molecule has 1 aliphatic carbocycles. The lowest BCUT2D eigenvalue weighted by Crippen LogP contribution is -2.45. The van der Waals surface area contributed by atoms with Gasteiger partial charge >= 0.3 is 0 Å². The Labute approximate surface area is 139 Å². The molecule has 3 fully saturated rings. The first-order valence-electron chi connectivity index (χ1n) is 9.03. The van der Waals surface area contributed by atoms with Crippen LogP contribution in [0.5, 0.6) is 5.75 Å². The molecule has 126 valence electrons. The van der Waals surface area contributed by atoms with Crippen LogP contribution in [0.4, 0.5) is 0 Å². The number of benzene rings is 1. The second kappa shape index (κ2) is 6.42. The molecule has 0 amide bonds. The van der Waals surface area contributed by atoms with Crippen molar-refractivity contribution in [2.45, 2.75) is 62.9 Å². The van der Waals surface area contributed by atoms with E-state index in [1.165, 1.54) is 31.4 Å². The standard InChI is InChI=1S/C19H28N2O2/c1-13-17(9-11-23-13)20-18-8-10-21(15-6-7-15)19(18)14-4-3-5-16(12-14)22-2/h3-5,12-13,15,17-20H,6-11H2,1-2H3/t13-,17-,18-,19-/m1/s1. The third kappa shape index (κ3) is 3.12. The number of hydrogen-bond donors (Lipinski definition) is 1. The van der Waals surface area contributed by atoms with E-state index in [0.29, 0.717) is 24.2 Å². The Bertz CT molecular complexity index is 546. The fourth-order valence-electron chi connectivity index (χ4n) is 4.28. The van der Waals surface area contributed by atoms with Gasteiger partial charge in [0.25, 0.3) is 0 Å². The maximum absolute atomic E-state index is 5.74. The molecule has 23 heavy (non-hydrogen) atoms. The van der Waals surface area contributed by atoms with Crippen molar-refractivity contribution >= 4 is 0 Å². The minimum absolute atomic E-state index is 0.330. The van der Waals surface area contributed by atoms with Crippen LogP contribution in [-0.4, -0.2) is 49.4 Å². The van der Waals surface area contributed by atoms with Gasteiger partial charge in [-0.2, -0.15) is 0 Å². The van der Waals surface area contributed by atoms with Crippen molar-refractivity contribution in [1.29, 1.82) is 0 Å². The highest BCUT2D eigenvalue weighted by Gasteiger charge is 2.44. The highest BCUT2D eigenvalue weighted by atomic mass is 16.5. The molecule has 2 heterocycles. The zero-order valence-corrected chi connectivity index (χ0v) is 14.2. The van der Waals surface area contributed by atoms with Crippen LogP contribution in [0, 0.1) is 0 Å². The molecule has 4 atom stereocenters. The first kappa shape index (κ1) is 15.4. The maximum atomic E-state index is 5.74. The zero-order chi connectivity index (χ0) is 15.8. The maximum Gasteiger partial charge on any atom is 0.119 e. The van der Waals surface area contributed by atoms with Gasteiger partial charge in [0.15, 0.2) is 0 Å². The summed E-state index contributed by atoms with van der Waals surface area (Å²) in [6.07, 6.45) is 5.40. The number of hydrogen-bond acceptors (Lipinski definition) is 4. The largest absolute Gasteiger partial charge is 0.497 e. The summed E-state index contributed by atoms with van der Waals surface area (Å²) in [6, 6.07) is 10.9. The molecule has 0 unspecified atom stereocenters. The second-order valence-electron chi connectivity index (χ2n) is 7.22. The lowest BCUT2D eigenvalue weighted by Gasteiger charge is -2.31. The van der Waals surface area contributed by atoms with Gasteiger partial charge < -0.3 is 14.8 Å². The van der Waals surface area contributed by atoms with E-state index in [0.717, 1.165) is 24.8 Å². The van der Waals surface area contributed by atoms with Gasteiger partial charge in [-0.05, 0) is 50.3 Å². The van der Waals surface area contributed by atoms with Crippen molar-refractivity contribution in [2.75, 3.05) is 20.3 Å². The monoisotopic (exact) mass is 316 g/mol. The van der Waals surface area contributed by atoms with E-state index in [1.54, 1.807) is 7.11 Å². The summed E-state index contributed by atoms with van der Waals surface area (Å²) in [5, 5.41) is 3.92. The van der Waals surface area contributed by atoms with Crippen LogP contribution in [0.25, 0.3) is 0 Å². The second-order valence-corrected chi connectivity index (χ2v) is 7.22. The summed E-state index contributed by atoms with van der Waals surface area (Å²) in [7, 11) is 1.75. The summed E-state index contributed by atoms with van der Waals surface area (Å²) >= 11 is 0. The molecule has 4 nitrogen and oxygen atoms in total. The average molecular weight is 316 g/mol. The first-order chi connectivity index (χ1) is 11.3. The van der Waals surface area contributed by atoms with Crippen LogP contribution >= 0.6 is 0 Å². The molecular formula is C19H28N2O2. The van der Waals surface area contributed by atoms with Gasteiger partial charge in [-0.1, -0.05) is 12.1 Å². The topological polar surface area (TPSA) is 33.7 Å². The Kier molecular flexibility index (Phi) is 4.31. The molecule has 0 bridgehead atoms. The van der Waals surface area contributed by atoms with Crippen LogP contribution in [0.15, 0.2) is 24.3 Å². The molecule has 4 rings (SSSR count). The highest BCUT2D eigenvalue weighted by Crippen LogP contribution is 2.42. The third-order valence-electron chi connectivity index (χ3n) is 5.69. The van der Waals surface area contributed by atoms with E-state index < -0.39 is 0 Å². The Morgan fingerprint density at radius 3 is 2.74 bits per heavy atom. The summed E-state index contributed by atoms with van der Waals surface area (Å²) < 4.78 is 11.2. The third-order valence-corrected chi connectivity index (χ3v) is 5.69. The van der Waals surface area contributed by atoms with Crippen molar-refractivity contribution in [3.05, 3.63) is 29.8 Å². The first-order valence-corrected chi connectivity index (χ1v) is 9.03. The predicted molar refractivity (Wildman–Crippen MR) is 90.8 cm³/mol. The SMILES string of the molecule is COc1cccc([C@@H]2[C@H](N[C@@H]3CCO[C@@H]3C)CCN2C2CC2)c1. The minimum Gasteiger partial charge on any atom is -0.497 e. The molecule has 1 aromatic carbocycles. The van der Waals surface area contributed by atoms with E-state index >= 15 is 0 Å². The van der Waals surface area contributed by atoms with Crippen molar-refractivity contribution in [3.63, 3.8) is 0 Å². The van der Waals surface area contributed by atoms with Crippen LogP contribution in [-0.2, 0) is 4.74 Å². The quantitative estimate of drug-likeness (QED) is 0.906.